The number of likely N-dealkylation sites (N-methyl/N-ethyl adjacent to an activating group) is 1. The minimum absolute atomic E-state index is 0.129. The molecule has 0 aliphatic heterocycles. The van der Waals surface area contributed by atoms with Crippen LogP contribution in [-0.4, -0.2) is 7.05 Å². The highest BCUT2D eigenvalue weighted by atomic mass is 19.1. The third kappa shape index (κ3) is 3.07. The van der Waals surface area contributed by atoms with Crippen LogP contribution in [0.1, 0.15) is 33.9 Å². The lowest BCUT2D eigenvalue weighted by molar-refractivity contribution is 0.551. The summed E-state index contributed by atoms with van der Waals surface area (Å²) in [4.78, 5) is 0. The van der Waals surface area contributed by atoms with Gasteiger partial charge in [0, 0.05) is 6.04 Å². The van der Waals surface area contributed by atoms with Gasteiger partial charge in [-0.15, -0.1) is 0 Å². The second kappa shape index (κ2) is 6.19. The van der Waals surface area contributed by atoms with Crippen molar-refractivity contribution in [3.05, 3.63) is 70.0 Å². The lowest BCUT2D eigenvalue weighted by Crippen LogP contribution is -2.21. The summed E-state index contributed by atoms with van der Waals surface area (Å²) in [6.45, 7) is 6.36. The van der Waals surface area contributed by atoms with E-state index >= 15 is 0 Å². The average molecular weight is 271 g/mol. The number of halogens is 1. The molecule has 1 N–H and O–H groups in total. The van der Waals surface area contributed by atoms with Gasteiger partial charge in [-0.3, -0.25) is 0 Å². The summed E-state index contributed by atoms with van der Waals surface area (Å²) >= 11 is 0. The molecule has 2 rings (SSSR count). The van der Waals surface area contributed by atoms with Gasteiger partial charge in [-0.2, -0.15) is 0 Å². The van der Waals surface area contributed by atoms with Crippen molar-refractivity contribution in [3.8, 4) is 0 Å². The molecule has 0 saturated carbocycles. The zero-order chi connectivity index (χ0) is 14.7. The van der Waals surface area contributed by atoms with E-state index in [1.807, 2.05) is 19.2 Å². The third-order valence-corrected chi connectivity index (χ3v) is 3.82. The Morgan fingerprint density at radius 1 is 1.05 bits per heavy atom. The van der Waals surface area contributed by atoms with Crippen molar-refractivity contribution >= 4 is 0 Å². The van der Waals surface area contributed by atoms with Crippen LogP contribution in [0.3, 0.4) is 0 Å². The van der Waals surface area contributed by atoms with Gasteiger partial charge in [0.25, 0.3) is 0 Å². The molecule has 0 amide bonds. The van der Waals surface area contributed by atoms with Crippen LogP contribution in [0.2, 0.25) is 0 Å². The SMILES string of the molecule is CNC(Cc1ccccc1F)c1c(C)cc(C)cc1C. The lowest BCUT2D eigenvalue weighted by atomic mass is 9.90. The van der Waals surface area contributed by atoms with E-state index in [1.54, 1.807) is 6.07 Å². The van der Waals surface area contributed by atoms with Gasteiger partial charge in [-0.25, -0.2) is 4.39 Å². The molecule has 0 bridgehead atoms. The fourth-order valence-electron chi connectivity index (χ4n) is 2.97. The Hall–Kier alpha value is -1.67. The first-order valence-corrected chi connectivity index (χ1v) is 7.01. The number of rotatable bonds is 4. The molecule has 2 aromatic rings. The highest BCUT2D eigenvalue weighted by Crippen LogP contribution is 2.26. The molecule has 1 unspecified atom stereocenters. The standard InChI is InChI=1S/C18H22FN/c1-12-9-13(2)18(14(3)10-12)17(20-4)11-15-7-5-6-8-16(15)19/h5-10,17,20H,11H2,1-4H3. The van der Waals surface area contributed by atoms with E-state index in [2.05, 4.69) is 38.2 Å². The van der Waals surface area contributed by atoms with E-state index in [0.717, 1.165) is 5.56 Å². The maximum atomic E-state index is 13.8. The zero-order valence-electron chi connectivity index (χ0n) is 12.6. The van der Waals surface area contributed by atoms with Crippen molar-refractivity contribution in [2.45, 2.75) is 33.2 Å². The Morgan fingerprint density at radius 3 is 2.20 bits per heavy atom. The summed E-state index contributed by atoms with van der Waals surface area (Å²) < 4.78 is 13.8. The smallest absolute Gasteiger partial charge is 0.126 e. The van der Waals surface area contributed by atoms with Crippen LogP contribution in [0.25, 0.3) is 0 Å². The monoisotopic (exact) mass is 271 g/mol. The summed E-state index contributed by atoms with van der Waals surface area (Å²) in [6.07, 6.45) is 0.661. The molecule has 1 nitrogen and oxygen atoms in total. The molecule has 0 aliphatic carbocycles. The van der Waals surface area contributed by atoms with E-state index in [9.17, 15) is 4.39 Å². The minimum Gasteiger partial charge on any atom is -0.313 e. The van der Waals surface area contributed by atoms with Crippen LogP contribution >= 0.6 is 0 Å². The topological polar surface area (TPSA) is 12.0 Å². The van der Waals surface area contributed by atoms with E-state index in [0.29, 0.717) is 6.42 Å². The van der Waals surface area contributed by atoms with Crippen molar-refractivity contribution in [3.63, 3.8) is 0 Å². The van der Waals surface area contributed by atoms with Crippen LogP contribution in [0.5, 0.6) is 0 Å². The normalized spacial score (nSPS) is 12.4. The molecule has 0 radical (unpaired) electrons. The highest BCUT2D eigenvalue weighted by molar-refractivity contribution is 5.40. The molecule has 106 valence electrons. The Kier molecular flexibility index (Phi) is 4.56. The molecule has 0 heterocycles. The van der Waals surface area contributed by atoms with Gasteiger partial charge in [0.2, 0.25) is 0 Å². The van der Waals surface area contributed by atoms with Gasteiger partial charge in [0.05, 0.1) is 0 Å². The quantitative estimate of drug-likeness (QED) is 0.876. The van der Waals surface area contributed by atoms with Gasteiger partial charge in [0.1, 0.15) is 5.82 Å². The zero-order valence-corrected chi connectivity index (χ0v) is 12.6. The van der Waals surface area contributed by atoms with Gasteiger partial charge in [-0.1, -0.05) is 35.9 Å². The van der Waals surface area contributed by atoms with Crippen LogP contribution < -0.4 is 5.32 Å². The van der Waals surface area contributed by atoms with Crippen molar-refractivity contribution in [2.24, 2.45) is 0 Å². The predicted octanol–water partition coefficient (Wildman–Crippen LogP) is 4.25. The Morgan fingerprint density at radius 2 is 1.65 bits per heavy atom. The second-order valence-corrected chi connectivity index (χ2v) is 5.45. The van der Waals surface area contributed by atoms with Crippen molar-refractivity contribution in [2.75, 3.05) is 7.05 Å². The molecule has 0 fully saturated rings. The number of hydrogen-bond acceptors (Lipinski definition) is 1. The number of aryl methyl sites for hydroxylation is 3. The van der Waals surface area contributed by atoms with Gasteiger partial charge >= 0.3 is 0 Å². The van der Waals surface area contributed by atoms with Gasteiger partial charge in [-0.05, 0) is 62.6 Å². The minimum atomic E-state index is -0.129. The van der Waals surface area contributed by atoms with Crippen LogP contribution in [0.15, 0.2) is 36.4 Å². The third-order valence-electron chi connectivity index (χ3n) is 3.82. The van der Waals surface area contributed by atoms with Crippen molar-refractivity contribution in [1.29, 1.82) is 0 Å². The van der Waals surface area contributed by atoms with Crippen LogP contribution in [-0.2, 0) is 6.42 Å². The second-order valence-electron chi connectivity index (χ2n) is 5.45. The number of benzene rings is 2. The van der Waals surface area contributed by atoms with Gasteiger partial charge < -0.3 is 5.32 Å². The van der Waals surface area contributed by atoms with E-state index in [-0.39, 0.29) is 11.9 Å². The Balaban J connectivity index is 2.37. The molecular formula is C18H22FN. The largest absolute Gasteiger partial charge is 0.313 e. The van der Waals surface area contributed by atoms with E-state index < -0.39 is 0 Å². The molecule has 1 atom stereocenters. The Bertz CT molecular complexity index is 581. The average Bonchev–Trinajstić information content (AvgIpc) is 2.38. The fourth-order valence-corrected chi connectivity index (χ4v) is 2.97. The molecule has 0 aromatic heterocycles. The summed E-state index contributed by atoms with van der Waals surface area (Å²) in [6, 6.07) is 11.5. The molecular weight excluding hydrogens is 249 g/mol. The molecule has 0 aliphatic rings. The molecule has 2 heteroatoms. The Labute approximate surface area is 120 Å². The van der Waals surface area contributed by atoms with E-state index in [1.165, 1.54) is 28.3 Å². The predicted molar refractivity (Wildman–Crippen MR) is 82.6 cm³/mol. The van der Waals surface area contributed by atoms with Crippen LogP contribution in [0, 0.1) is 26.6 Å². The van der Waals surface area contributed by atoms with E-state index in [4.69, 9.17) is 0 Å². The molecule has 20 heavy (non-hydrogen) atoms. The fraction of sp³-hybridized carbons (Fsp3) is 0.333. The molecule has 2 aromatic carbocycles. The summed E-state index contributed by atoms with van der Waals surface area (Å²) in [5.74, 6) is -0.129. The van der Waals surface area contributed by atoms with Crippen molar-refractivity contribution < 1.29 is 4.39 Å². The van der Waals surface area contributed by atoms with Crippen molar-refractivity contribution in [1.82, 2.24) is 5.32 Å². The maximum Gasteiger partial charge on any atom is 0.126 e. The first-order chi connectivity index (χ1) is 9.52. The first-order valence-electron chi connectivity index (χ1n) is 7.01. The summed E-state index contributed by atoms with van der Waals surface area (Å²) in [7, 11) is 1.93. The first kappa shape index (κ1) is 14.7. The summed E-state index contributed by atoms with van der Waals surface area (Å²) in [5, 5.41) is 3.33. The number of nitrogens with one attached hydrogen (secondary N) is 1. The maximum absolute atomic E-state index is 13.8. The van der Waals surface area contributed by atoms with Gasteiger partial charge in [0.15, 0.2) is 0 Å². The molecule has 0 spiro atoms. The highest BCUT2D eigenvalue weighted by Gasteiger charge is 2.17. The van der Waals surface area contributed by atoms with Crippen LogP contribution in [0.4, 0.5) is 4.39 Å². The summed E-state index contributed by atoms with van der Waals surface area (Å²) in [5.41, 5.74) is 5.83. The molecule has 0 saturated heterocycles. The number of hydrogen-bond donors (Lipinski definition) is 1. The lowest BCUT2D eigenvalue weighted by Gasteiger charge is -2.22.